The number of carbonyl (C=O) groups is 1. The molecular formula is C14H18BrN3O3. The second-order valence-corrected chi connectivity index (χ2v) is 6.36. The van der Waals surface area contributed by atoms with Gasteiger partial charge in [0.1, 0.15) is 0 Å². The van der Waals surface area contributed by atoms with Crippen molar-refractivity contribution in [1.82, 2.24) is 5.32 Å². The van der Waals surface area contributed by atoms with Gasteiger partial charge in [-0.05, 0) is 54.2 Å². The van der Waals surface area contributed by atoms with Crippen molar-refractivity contribution in [2.75, 3.05) is 11.9 Å². The molecule has 0 radical (unpaired) electrons. The van der Waals surface area contributed by atoms with Crippen molar-refractivity contribution in [2.24, 2.45) is 5.92 Å². The number of benzene rings is 1. The zero-order valence-electron chi connectivity index (χ0n) is 12.0. The number of nitro groups is 1. The number of aryl methyl sites for hydroxylation is 1. The quantitative estimate of drug-likeness (QED) is 0.644. The Morgan fingerprint density at radius 3 is 2.86 bits per heavy atom. The number of anilines is 1. The molecule has 2 N–H and O–H groups in total. The van der Waals surface area contributed by atoms with E-state index in [-0.39, 0.29) is 17.6 Å². The summed E-state index contributed by atoms with van der Waals surface area (Å²) < 4.78 is 0.641. The number of nitro benzene ring substituents is 1. The first-order chi connectivity index (χ1) is 9.88. The van der Waals surface area contributed by atoms with Crippen LogP contribution in [0.3, 0.4) is 0 Å². The third-order valence-electron chi connectivity index (χ3n) is 3.72. The van der Waals surface area contributed by atoms with E-state index >= 15 is 0 Å². The van der Waals surface area contributed by atoms with Crippen LogP contribution >= 0.6 is 15.9 Å². The molecule has 21 heavy (non-hydrogen) atoms. The van der Waals surface area contributed by atoms with Crippen LogP contribution in [0.2, 0.25) is 0 Å². The summed E-state index contributed by atoms with van der Waals surface area (Å²) in [6.07, 6.45) is 1.83. The fourth-order valence-corrected chi connectivity index (χ4v) is 3.04. The smallest absolute Gasteiger partial charge is 0.274 e. The number of amides is 1. The summed E-state index contributed by atoms with van der Waals surface area (Å²) in [4.78, 5) is 22.8. The van der Waals surface area contributed by atoms with E-state index in [1.807, 2.05) is 0 Å². The van der Waals surface area contributed by atoms with Crippen molar-refractivity contribution in [3.63, 3.8) is 0 Å². The first-order valence-electron chi connectivity index (χ1n) is 6.87. The summed E-state index contributed by atoms with van der Waals surface area (Å²) in [5.41, 5.74) is 0.977. The van der Waals surface area contributed by atoms with Gasteiger partial charge in [0.05, 0.1) is 16.7 Å². The van der Waals surface area contributed by atoms with Gasteiger partial charge in [-0.15, -0.1) is 0 Å². The maximum absolute atomic E-state index is 12.3. The van der Waals surface area contributed by atoms with Crippen molar-refractivity contribution < 1.29 is 9.72 Å². The molecular weight excluding hydrogens is 338 g/mol. The van der Waals surface area contributed by atoms with E-state index in [1.54, 1.807) is 13.0 Å². The van der Waals surface area contributed by atoms with Crippen LogP contribution in [-0.4, -0.2) is 23.4 Å². The largest absolute Gasteiger partial charge is 0.323 e. The van der Waals surface area contributed by atoms with Crippen molar-refractivity contribution in [3.8, 4) is 0 Å². The summed E-state index contributed by atoms with van der Waals surface area (Å²) in [5, 5.41) is 16.9. The SMILES string of the molecule is Cc1cc(Br)c(NC(=O)C2CC(C)CCN2)cc1[N+](=O)[O-]. The van der Waals surface area contributed by atoms with Gasteiger partial charge in [0.2, 0.25) is 5.91 Å². The van der Waals surface area contributed by atoms with E-state index in [0.717, 1.165) is 19.4 Å². The van der Waals surface area contributed by atoms with Crippen LogP contribution in [0.15, 0.2) is 16.6 Å². The summed E-state index contributed by atoms with van der Waals surface area (Å²) in [7, 11) is 0. The van der Waals surface area contributed by atoms with Crippen LogP contribution in [-0.2, 0) is 4.79 Å². The average Bonchev–Trinajstić information content (AvgIpc) is 2.41. The molecule has 7 heteroatoms. The fraction of sp³-hybridized carbons (Fsp3) is 0.500. The maximum Gasteiger partial charge on any atom is 0.274 e. The molecule has 0 aromatic heterocycles. The molecule has 1 aromatic carbocycles. The van der Waals surface area contributed by atoms with E-state index < -0.39 is 4.92 Å². The van der Waals surface area contributed by atoms with Gasteiger partial charge in [0, 0.05) is 16.1 Å². The van der Waals surface area contributed by atoms with E-state index in [2.05, 4.69) is 33.5 Å². The molecule has 1 amide bonds. The molecule has 0 bridgehead atoms. The highest BCUT2D eigenvalue weighted by Gasteiger charge is 2.25. The van der Waals surface area contributed by atoms with Gasteiger partial charge in [-0.1, -0.05) is 6.92 Å². The fourth-order valence-electron chi connectivity index (χ4n) is 2.48. The molecule has 0 aliphatic carbocycles. The zero-order chi connectivity index (χ0) is 15.6. The van der Waals surface area contributed by atoms with Gasteiger partial charge in [-0.3, -0.25) is 14.9 Å². The lowest BCUT2D eigenvalue weighted by molar-refractivity contribution is -0.385. The van der Waals surface area contributed by atoms with Gasteiger partial charge >= 0.3 is 0 Å². The van der Waals surface area contributed by atoms with Crippen LogP contribution in [0, 0.1) is 23.0 Å². The Labute approximate surface area is 131 Å². The number of nitrogens with zero attached hydrogens (tertiary/aromatic N) is 1. The summed E-state index contributed by atoms with van der Waals surface area (Å²) in [6.45, 7) is 4.60. The molecule has 2 unspecified atom stereocenters. The molecule has 6 nitrogen and oxygen atoms in total. The second-order valence-electron chi connectivity index (χ2n) is 5.50. The minimum atomic E-state index is -0.446. The molecule has 1 aromatic rings. The topological polar surface area (TPSA) is 84.3 Å². The predicted octanol–water partition coefficient (Wildman–Crippen LogP) is 2.99. The minimum absolute atomic E-state index is 0.00142. The third-order valence-corrected chi connectivity index (χ3v) is 4.38. The Hall–Kier alpha value is -1.47. The van der Waals surface area contributed by atoms with Gasteiger partial charge < -0.3 is 10.6 Å². The normalized spacial score (nSPS) is 21.9. The van der Waals surface area contributed by atoms with Crippen LogP contribution in [0.4, 0.5) is 11.4 Å². The Morgan fingerprint density at radius 1 is 1.52 bits per heavy atom. The number of piperidine rings is 1. The van der Waals surface area contributed by atoms with Crippen LogP contribution < -0.4 is 10.6 Å². The highest BCUT2D eigenvalue weighted by Crippen LogP contribution is 2.31. The monoisotopic (exact) mass is 355 g/mol. The number of hydrogen-bond acceptors (Lipinski definition) is 4. The van der Waals surface area contributed by atoms with Crippen molar-refractivity contribution in [3.05, 3.63) is 32.3 Å². The lowest BCUT2D eigenvalue weighted by Crippen LogP contribution is -2.45. The summed E-state index contributed by atoms with van der Waals surface area (Å²) in [5.74, 6) is 0.346. The second kappa shape index (κ2) is 6.53. The molecule has 1 aliphatic rings. The van der Waals surface area contributed by atoms with Gasteiger partial charge in [-0.25, -0.2) is 0 Å². The maximum atomic E-state index is 12.3. The van der Waals surface area contributed by atoms with Crippen molar-refractivity contribution >= 4 is 33.2 Å². The van der Waals surface area contributed by atoms with Gasteiger partial charge in [0.15, 0.2) is 0 Å². The number of halogens is 1. The minimum Gasteiger partial charge on any atom is -0.323 e. The van der Waals surface area contributed by atoms with Crippen LogP contribution in [0.25, 0.3) is 0 Å². The van der Waals surface area contributed by atoms with Crippen LogP contribution in [0.1, 0.15) is 25.3 Å². The number of carbonyl (C=O) groups excluding carboxylic acids is 1. The molecule has 2 atom stereocenters. The Bertz CT molecular complexity index is 577. The zero-order valence-corrected chi connectivity index (χ0v) is 13.6. The molecule has 2 rings (SSSR count). The molecule has 1 fully saturated rings. The van der Waals surface area contributed by atoms with E-state index in [1.165, 1.54) is 6.07 Å². The van der Waals surface area contributed by atoms with Crippen molar-refractivity contribution in [1.29, 1.82) is 0 Å². The first-order valence-corrected chi connectivity index (χ1v) is 7.66. The number of rotatable bonds is 3. The van der Waals surface area contributed by atoms with Gasteiger partial charge in [0.25, 0.3) is 5.69 Å². The van der Waals surface area contributed by atoms with E-state index in [0.29, 0.717) is 21.6 Å². The number of nitrogens with one attached hydrogen (secondary N) is 2. The predicted molar refractivity (Wildman–Crippen MR) is 84.4 cm³/mol. The molecule has 1 saturated heterocycles. The van der Waals surface area contributed by atoms with E-state index in [4.69, 9.17) is 0 Å². The molecule has 1 aliphatic heterocycles. The van der Waals surface area contributed by atoms with E-state index in [9.17, 15) is 14.9 Å². The highest BCUT2D eigenvalue weighted by atomic mass is 79.9. The molecule has 1 heterocycles. The first kappa shape index (κ1) is 15.9. The molecule has 0 spiro atoms. The number of hydrogen-bond donors (Lipinski definition) is 2. The highest BCUT2D eigenvalue weighted by molar-refractivity contribution is 9.10. The Morgan fingerprint density at radius 2 is 2.24 bits per heavy atom. The van der Waals surface area contributed by atoms with Crippen LogP contribution in [0.5, 0.6) is 0 Å². The Balaban J connectivity index is 2.17. The average molecular weight is 356 g/mol. The molecule has 0 saturated carbocycles. The third kappa shape index (κ3) is 3.79. The summed E-state index contributed by atoms with van der Waals surface area (Å²) in [6, 6.07) is 2.79. The molecule has 114 valence electrons. The van der Waals surface area contributed by atoms with Crippen molar-refractivity contribution in [2.45, 2.75) is 32.7 Å². The lowest BCUT2D eigenvalue weighted by atomic mass is 9.94. The lowest BCUT2D eigenvalue weighted by Gasteiger charge is -2.27. The standard InChI is InChI=1S/C14H18BrN3O3/c1-8-3-4-16-12(5-8)14(19)17-11-7-13(18(20)21)9(2)6-10(11)15/h6-8,12,16H,3-5H2,1-2H3,(H,17,19). The summed E-state index contributed by atoms with van der Waals surface area (Å²) >= 11 is 3.34. The van der Waals surface area contributed by atoms with Gasteiger partial charge in [-0.2, -0.15) is 0 Å². The Kier molecular flexibility index (Phi) is 4.95.